The molecule has 0 aromatic carbocycles. The Balaban J connectivity index is 0.000000451. The van der Waals surface area contributed by atoms with Gasteiger partial charge in [-0.1, -0.05) is 19.1 Å². The molecule has 3 aromatic rings. The van der Waals surface area contributed by atoms with Gasteiger partial charge in [-0.2, -0.15) is 17.9 Å². The maximum Gasteiger partial charge on any atom is 0.490 e. The van der Waals surface area contributed by atoms with E-state index < -0.39 is 12.1 Å². The Labute approximate surface area is 184 Å². The Morgan fingerprint density at radius 2 is 1.97 bits per heavy atom. The second-order valence-corrected chi connectivity index (χ2v) is 7.15. The van der Waals surface area contributed by atoms with E-state index in [1.54, 1.807) is 30.2 Å². The minimum absolute atomic E-state index is 0.247. The Morgan fingerprint density at radius 1 is 1.28 bits per heavy atom. The van der Waals surface area contributed by atoms with Gasteiger partial charge in [-0.3, -0.25) is 9.89 Å². The van der Waals surface area contributed by atoms with E-state index in [4.69, 9.17) is 9.90 Å². The van der Waals surface area contributed by atoms with Gasteiger partial charge in [-0.05, 0) is 13.1 Å². The van der Waals surface area contributed by atoms with Crippen LogP contribution in [0.4, 0.5) is 13.2 Å². The quantitative estimate of drug-likeness (QED) is 0.369. The normalized spacial score (nSPS) is 11.3. The van der Waals surface area contributed by atoms with Crippen LogP contribution in [-0.4, -0.2) is 82.3 Å². The van der Waals surface area contributed by atoms with Gasteiger partial charge in [0.05, 0.1) is 18.6 Å². The van der Waals surface area contributed by atoms with Crippen LogP contribution >= 0.6 is 11.8 Å². The fourth-order valence-corrected chi connectivity index (χ4v) is 3.25. The lowest BCUT2D eigenvalue weighted by Gasteiger charge is -2.17. The number of carboxylic acid groups (broad SMARTS) is 1. The number of rotatable bonds is 8. The molecule has 0 atom stereocenters. The van der Waals surface area contributed by atoms with Gasteiger partial charge in [0.1, 0.15) is 11.4 Å². The number of aromatic amines is 1. The summed E-state index contributed by atoms with van der Waals surface area (Å²) in [6.45, 7) is 7.38. The summed E-state index contributed by atoms with van der Waals surface area (Å²) in [6, 6.07) is 1.80. The minimum atomic E-state index is -5.08. The molecule has 0 aliphatic carbocycles. The van der Waals surface area contributed by atoms with E-state index in [1.165, 1.54) is 21.9 Å². The smallest absolute Gasteiger partial charge is 0.475 e. The number of carbonyl (C=O) groups is 1. The highest BCUT2D eigenvalue weighted by molar-refractivity contribution is 7.99. The fraction of sp³-hybridized carbons (Fsp3) is 0.412. The molecular weight excluding hydrogens is 453 g/mol. The van der Waals surface area contributed by atoms with E-state index in [-0.39, 0.29) is 5.56 Å². The Hall–Kier alpha value is -3.20. The van der Waals surface area contributed by atoms with Crippen molar-refractivity contribution in [2.75, 3.05) is 25.4 Å². The molecule has 3 rings (SSSR count). The van der Waals surface area contributed by atoms with Crippen molar-refractivity contribution in [2.45, 2.75) is 25.0 Å². The maximum absolute atomic E-state index is 12.5. The predicted molar refractivity (Wildman–Crippen MR) is 109 cm³/mol. The molecule has 2 N–H and O–H groups in total. The number of hydrogen-bond acceptors (Lipinski definition) is 8. The van der Waals surface area contributed by atoms with E-state index in [0.717, 1.165) is 30.4 Å². The van der Waals surface area contributed by atoms with Crippen molar-refractivity contribution < 1.29 is 23.1 Å². The third kappa shape index (κ3) is 6.91. The van der Waals surface area contributed by atoms with E-state index in [0.29, 0.717) is 11.5 Å². The molecule has 3 heterocycles. The number of aromatic nitrogens is 7. The number of H-pyrrole nitrogens is 1. The van der Waals surface area contributed by atoms with Crippen LogP contribution in [0.1, 0.15) is 13.8 Å². The molecule has 3 aromatic heterocycles. The molecule has 0 aliphatic rings. The lowest BCUT2D eigenvalue weighted by atomic mass is 10.5. The standard InChI is InChI=1S/C15H20N8OS.C2HF3O2/c1-3-21(4-2)7-8-25-14-9-13(16-11-17-14)23-15(24)12(10-19-23)22-6-5-18-20-22;3-2(4,5)1(6)7/h5-6,9-11,19H,3-4,7-8H2,1-2H3;(H,6,7). The highest BCUT2D eigenvalue weighted by Gasteiger charge is 2.38. The number of nitrogens with zero attached hydrogens (tertiary/aromatic N) is 7. The first-order valence-electron chi connectivity index (χ1n) is 9.32. The maximum atomic E-state index is 12.5. The van der Waals surface area contributed by atoms with Crippen molar-refractivity contribution in [1.29, 1.82) is 0 Å². The van der Waals surface area contributed by atoms with E-state index in [1.807, 2.05) is 0 Å². The van der Waals surface area contributed by atoms with Gasteiger partial charge < -0.3 is 10.0 Å². The fourth-order valence-electron chi connectivity index (χ4n) is 2.38. The molecule has 0 radical (unpaired) electrons. The first-order valence-corrected chi connectivity index (χ1v) is 10.3. The summed E-state index contributed by atoms with van der Waals surface area (Å²) in [4.78, 5) is 32.2. The molecule has 0 aliphatic heterocycles. The second kappa shape index (κ2) is 11.4. The first kappa shape index (κ1) is 25.1. The van der Waals surface area contributed by atoms with Crippen LogP contribution in [0.5, 0.6) is 0 Å². The number of nitrogens with one attached hydrogen (secondary N) is 1. The SMILES string of the molecule is CCN(CC)CCSc1cc(-n2[nH]cc(-n3ccnn3)c2=O)ncn1.O=C(O)C(F)(F)F. The minimum Gasteiger partial charge on any atom is -0.475 e. The Bertz CT molecular complexity index is 1050. The highest BCUT2D eigenvalue weighted by Crippen LogP contribution is 2.16. The summed E-state index contributed by atoms with van der Waals surface area (Å²) in [7, 11) is 0. The van der Waals surface area contributed by atoms with Crippen LogP contribution in [-0.2, 0) is 4.79 Å². The summed E-state index contributed by atoms with van der Waals surface area (Å²) in [5, 5.41) is 18.4. The molecule has 0 amide bonds. The topological polar surface area (TPSA) is 135 Å². The molecule has 0 saturated heterocycles. The zero-order valence-corrected chi connectivity index (χ0v) is 18.0. The van der Waals surface area contributed by atoms with Gasteiger partial charge >= 0.3 is 12.1 Å². The Morgan fingerprint density at radius 3 is 2.53 bits per heavy atom. The summed E-state index contributed by atoms with van der Waals surface area (Å²) in [6.07, 6.45) is 1.10. The van der Waals surface area contributed by atoms with Gasteiger partial charge in [0.2, 0.25) is 0 Å². The predicted octanol–water partition coefficient (Wildman–Crippen LogP) is 1.60. The molecule has 32 heavy (non-hydrogen) atoms. The lowest BCUT2D eigenvalue weighted by Crippen LogP contribution is -2.25. The average Bonchev–Trinajstić information content (AvgIpc) is 3.41. The van der Waals surface area contributed by atoms with E-state index >= 15 is 0 Å². The number of aliphatic carboxylic acids is 1. The third-order valence-electron chi connectivity index (χ3n) is 4.07. The summed E-state index contributed by atoms with van der Waals surface area (Å²) in [5.74, 6) is -1.33. The van der Waals surface area contributed by atoms with Crippen molar-refractivity contribution in [3.8, 4) is 11.5 Å². The summed E-state index contributed by atoms with van der Waals surface area (Å²) in [5.41, 5.74) is 0.134. The monoisotopic (exact) mass is 474 g/mol. The van der Waals surface area contributed by atoms with Gasteiger partial charge in [-0.25, -0.2) is 19.4 Å². The molecule has 0 bridgehead atoms. The highest BCUT2D eigenvalue weighted by atomic mass is 32.2. The first-order chi connectivity index (χ1) is 15.2. The largest absolute Gasteiger partial charge is 0.490 e. The van der Waals surface area contributed by atoms with E-state index in [9.17, 15) is 18.0 Å². The molecular formula is C17H21F3N8O3S. The van der Waals surface area contributed by atoms with Crippen LogP contribution in [0.25, 0.3) is 11.5 Å². The van der Waals surface area contributed by atoms with E-state index in [2.05, 4.69) is 44.1 Å². The number of halogens is 3. The molecule has 11 nitrogen and oxygen atoms in total. The number of hydrogen-bond donors (Lipinski definition) is 2. The van der Waals surface area contributed by atoms with Crippen LogP contribution in [0.3, 0.4) is 0 Å². The zero-order valence-electron chi connectivity index (χ0n) is 17.2. The molecule has 15 heteroatoms. The van der Waals surface area contributed by atoms with Gasteiger partial charge in [0, 0.05) is 18.4 Å². The number of alkyl halides is 3. The van der Waals surface area contributed by atoms with Gasteiger partial charge in [0.15, 0.2) is 11.5 Å². The van der Waals surface area contributed by atoms with Crippen LogP contribution < -0.4 is 5.56 Å². The summed E-state index contributed by atoms with van der Waals surface area (Å²) >= 11 is 1.65. The van der Waals surface area contributed by atoms with Crippen molar-refractivity contribution in [3.05, 3.63) is 41.3 Å². The second-order valence-electron chi connectivity index (χ2n) is 6.04. The van der Waals surface area contributed by atoms with Gasteiger partial charge in [0.25, 0.3) is 5.56 Å². The zero-order chi connectivity index (χ0) is 23.7. The molecule has 0 fully saturated rings. The van der Waals surface area contributed by atoms with Gasteiger partial charge in [-0.15, -0.1) is 16.9 Å². The molecule has 0 spiro atoms. The molecule has 174 valence electrons. The van der Waals surface area contributed by atoms with Crippen LogP contribution in [0, 0.1) is 0 Å². The lowest BCUT2D eigenvalue weighted by molar-refractivity contribution is -0.192. The van der Waals surface area contributed by atoms with Crippen molar-refractivity contribution in [3.63, 3.8) is 0 Å². The summed E-state index contributed by atoms with van der Waals surface area (Å²) < 4.78 is 34.5. The number of thioether (sulfide) groups is 1. The van der Waals surface area contributed by atoms with Crippen molar-refractivity contribution >= 4 is 17.7 Å². The van der Waals surface area contributed by atoms with Crippen molar-refractivity contribution in [2.24, 2.45) is 0 Å². The number of carboxylic acids is 1. The molecule has 0 unspecified atom stereocenters. The van der Waals surface area contributed by atoms with Crippen LogP contribution in [0.2, 0.25) is 0 Å². The third-order valence-corrected chi connectivity index (χ3v) is 4.98. The van der Waals surface area contributed by atoms with Crippen LogP contribution in [0.15, 0.2) is 40.8 Å². The molecule has 0 saturated carbocycles. The Kier molecular flexibility index (Phi) is 8.95. The van der Waals surface area contributed by atoms with Crippen molar-refractivity contribution in [1.82, 2.24) is 39.6 Å². The average molecular weight is 474 g/mol.